The first kappa shape index (κ1) is 14.2. The van der Waals surface area contributed by atoms with Crippen molar-refractivity contribution < 1.29 is 9.53 Å². The van der Waals surface area contributed by atoms with Crippen LogP contribution in [0.25, 0.3) is 0 Å². The highest BCUT2D eigenvalue weighted by molar-refractivity contribution is 6.16. The van der Waals surface area contributed by atoms with Crippen molar-refractivity contribution in [1.29, 1.82) is 0 Å². The van der Waals surface area contributed by atoms with Gasteiger partial charge in [0.2, 0.25) is 0 Å². The molecule has 116 valence electrons. The molecule has 2 atom stereocenters. The van der Waals surface area contributed by atoms with Gasteiger partial charge >= 0.3 is 0 Å². The van der Waals surface area contributed by atoms with E-state index in [-0.39, 0.29) is 5.91 Å². The van der Waals surface area contributed by atoms with Gasteiger partial charge in [-0.3, -0.25) is 9.79 Å². The minimum absolute atomic E-state index is 0.0414. The summed E-state index contributed by atoms with van der Waals surface area (Å²) >= 11 is 0. The molecular formula is C19H18N2O2. The van der Waals surface area contributed by atoms with Gasteiger partial charge in [-0.25, -0.2) is 0 Å². The molecule has 23 heavy (non-hydrogen) atoms. The number of carbonyl (C=O) groups excluding carboxylic acids is 1. The van der Waals surface area contributed by atoms with Gasteiger partial charge in [-0.1, -0.05) is 60.7 Å². The average Bonchev–Trinajstić information content (AvgIpc) is 2.62. The molecule has 0 aromatic heterocycles. The Labute approximate surface area is 135 Å². The molecule has 2 aliphatic rings. The number of rotatable bonds is 3. The van der Waals surface area contributed by atoms with Crippen LogP contribution in [0.3, 0.4) is 0 Å². The molecule has 2 aromatic rings. The first-order valence-electron chi connectivity index (χ1n) is 7.80. The number of aliphatic imine (C=N–C) groups is 1. The van der Waals surface area contributed by atoms with Gasteiger partial charge in [-0.15, -0.1) is 0 Å². The van der Waals surface area contributed by atoms with E-state index < -0.39 is 11.6 Å². The van der Waals surface area contributed by atoms with Gasteiger partial charge in [0.25, 0.3) is 5.91 Å². The summed E-state index contributed by atoms with van der Waals surface area (Å²) in [4.78, 5) is 19.2. The lowest BCUT2D eigenvalue weighted by atomic mass is 9.68. The molecule has 1 fully saturated rings. The molecule has 0 radical (unpaired) electrons. The lowest BCUT2D eigenvalue weighted by Gasteiger charge is -2.58. The summed E-state index contributed by atoms with van der Waals surface area (Å²) < 4.78 is 5.61. The van der Waals surface area contributed by atoms with Crippen LogP contribution in [0.15, 0.2) is 65.7 Å². The normalized spacial score (nSPS) is 26.3. The summed E-state index contributed by atoms with van der Waals surface area (Å²) in [5.74, 6) is 0.0414. The Morgan fingerprint density at radius 3 is 2.39 bits per heavy atom. The predicted octanol–water partition coefficient (Wildman–Crippen LogP) is 2.24. The maximum Gasteiger partial charge on any atom is 0.256 e. The van der Waals surface area contributed by atoms with E-state index in [4.69, 9.17) is 9.73 Å². The quantitative estimate of drug-likeness (QED) is 0.816. The van der Waals surface area contributed by atoms with Crippen molar-refractivity contribution in [2.24, 2.45) is 4.99 Å². The van der Waals surface area contributed by atoms with Crippen LogP contribution in [-0.4, -0.2) is 42.8 Å². The molecule has 0 spiro atoms. The molecule has 2 aromatic carbocycles. The minimum Gasteiger partial charge on any atom is -0.368 e. The largest absolute Gasteiger partial charge is 0.368 e. The second-order valence-corrected chi connectivity index (χ2v) is 5.83. The Balaban J connectivity index is 1.95. The lowest BCUT2D eigenvalue weighted by molar-refractivity contribution is -0.181. The summed E-state index contributed by atoms with van der Waals surface area (Å²) in [6, 6.07) is 20.1. The monoisotopic (exact) mass is 306 g/mol. The van der Waals surface area contributed by atoms with E-state index in [2.05, 4.69) is 12.1 Å². The molecule has 4 rings (SSSR count). The van der Waals surface area contributed by atoms with E-state index in [1.165, 1.54) is 0 Å². The molecular weight excluding hydrogens is 288 g/mol. The molecule has 4 nitrogen and oxygen atoms in total. The number of carbonyl (C=O) groups is 1. The van der Waals surface area contributed by atoms with Crippen LogP contribution in [0.4, 0.5) is 0 Å². The summed E-state index contributed by atoms with van der Waals surface area (Å²) in [6.07, 6.45) is -0.524. The maximum absolute atomic E-state index is 12.5. The third kappa shape index (κ3) is 1.82. The molecule has 0 N–H and O–H groups in total. The maximum atomic E-state index is 12.5. The molecule has 0 saturated carbocycles. The topological polar surface area (TPSA) is 41.9 Å². The number of hydrogen-bond donors (Lipinski definition) is 0. The van der Waals surface area contributed by atoms with Crippen molar-refractivity contribution in [1.82, 2.24) is 4.90 Å². The molecule has 2 heterocycles. The summed E-state index contributed by atoms with van der Waals surface area (Å²) in [5.41, 5.74) is 2.39. The number of benzene rings is 2. The van der Waals surface area contributed by atoms with Crippen LogP contribution in [0.2, 0.25) is 0 Å². The van der Waals surface area contributed by atoms with Gasteiger partial charge in [0.05, 0.1) is 12.3 Å². The van der Waals surface area contributed by atoms with E-state index in [0.717, 1.165) is 16.8 Å². The van der Waals surface area contributed by atoms with Crippen LogP contribution >= 0.6 is 0 Å². The zero-order chi connectivity index (χ0) is 15.9. The SMILES string of the molecule is CO[C@@H]1C(=O)N2CCN=C(c3ccccc3)[C@@]12c1ccccc1. The Morgan fingerprint density at radius 1 is 1.09 bits per heavy atom. The fourth-order valence-electron chi connectivity index (χ4n) is 3.81. The van der Waals surface area contributed by atoms with E-state index in [0.29, 0.717) is 13.1 Å². The number of nitrogens with zero attached hydrogens (tertiary/aromatic N) is 2. The van der Waals surface area contributed by atoms with E-state index >= 15 is 0 Å². The first-order chi connectivity index (χ1) is 11.3. The number of methoxy groups -OCH3 is 1. The number of fused-ring (bicyclic) bond motifs is 1. The highest BCUT2D eigenvalue weighted by Gasteiger charge is 2.65. The van der Waals surface area contributed by atoms with E-state index in [9.17, 15) is 4.79 Å². The number of hydrogen-bond acceptors (Lipinski definition) is 3. The highest BCUT2D eigenvalue weighted by Crippen LogP contribution is 2.47. The third-order valence-electron chi connectivity index (χ3n) is 4.75. The van der Waals surface area contributed by atoms with Crippen molar-refractivity contribution in [2.45, 2.75) is 11.6 Å². The second-order valence-electron chi connectivity index (χ2n) is 5.83. The summed E-state index contributed by atoms with van der Waals surface area (Å²) in [6.45, 7) is 1.25. The van der Waals surface area contributed by atoms with Gasteiger partial charge in [0, 0.05) is 13.7 Å². The van der Waals surface area contributed by atoms with Gasteiger partial charge in [-0.05, 0) is 11.1 Å². The van der Waals surface area contributed by atoms with E-state index in [1.807, 2.05) is 53.4 Å². The minimum atomic E-state index is -0.618. The van der Waals surface area contributed by atoms with Crippen molar-refractivity contribution >= 4 is 11.6 Å². The Hall–Kier alpha value is -2.46. The van der Waals surface area contributed by atoms with Crippen molar-refractivity contribution in [3.05, 3.63) is 71.8 Å². The van der Waals surface area contributed by atoms with Crippen LogP contribution < -0.4 is 0 Å². The Morgan fingerprint density at radius 2 is 1.74 bits per heavy atom. The highest BCUT2D eigenvalue weighted by atomic mass is 16.5. The third-order valence-corrected chi connectivity index (χ3v) is 4.75. The smallest absolute Gasteiger partial charge is 0.256 e. The van der Waals surface area contributed by atoms with Crippen LogP contribution in [0.1, 0.15) is 11.1 Å². The fourth-order valence-corrected chi connectivity index (χ4v) is 3.81. The van der Waals surface area contributed by atoms with Crippen LogP contribution in [0, 0.1) is 0 Å². The molecule has 0 unspecified atom stereocenters. The van der Waals surface area contributed by atoms with Crippen molar-refractivity contribution in [3.8, 4) is 0 Å². The summed E-state index contributed by atoms with van der Waals surface area (Å²) in [5, 5.41) is 0. The first-order valence-corrected chi connectivity index (χ1v) is 7.80. The number of amides is 1. The second kappa shape index (κ2) is 5.32. The molecule has 0 bridgehead atoms. The van der Waals surface area contributed by atoms with Gasteiger partial charge < -0.3 is 9.64 Å². The number of β-lactam (4-membered cyclic amide) rings is 1. The molecule has 1 amide bonds. The van der Waals surface area contributed by atoms with Crippen LogP contribution in [0.5, 0.6) is 0 Å². The Kier molecular flexibility index (Phi) is 3.27. The van der Waals surface area contributed by atoms with Crippen LogP contribution in [-0.2, 0) is 15.1 Å². The predicted molar refractivity (Wildman–Crippen MR) is 88.5 cm³/mol. The molecule has 2 aliphatic heterocycles. The van der Waals surface area contributed by atoms with Gasteiger partial charge in [-0.2, -0.15) is 0 Å². The summed E-state index contributed by atoms with van der Waals surface area (Å²) in [7, 11) is 1.60. The zero-order valence-electron chi connectivity index (χ0n) is 13.0. The lowest BCUT2D eigenvalue weighted by Crippen LogP contribution is -2.77. The van der Waals surface area contributed by atoms with E-state index in [1.54, 1.807) is 7.11 Å². The Bertz CT molecular complexity index is 757. The molecule has 0 aliphatic carbocycles. The van der Waals surface area contributed by atoms with Gasteiger partial charge in [0.1, 0.15) is 5.54 Å². The molecule has 1 saturated heterocycles. The standard InChI is InChI=1S/C19H18N2O2/c1-23-17-18(22)21-13-12-20-16(14-8-4-2-5-9-14)19(17,21)15-10-6-3-7-11-15/h2-11,17H,12-13H2,1H3/t17-,19+/m1/s1. The molecule has 4 heteroatoms. The zero-order valence-corrected chi connectivity index (χ0v) is 13.0. The van der Waals surface area contributed by atoms with Gasteiger partial charge in [0.15, 0.2) is 6.10 Å². The average molecular weight is 306 g/mol. The van der Waals surface area contributed by atoms with Crippen molar-refractivity contribution in [3.63, 3.8) is 0 Å². The number of ether oxygens (including phenoxy) is 1. The fraction of sp³-hybridized carbons (Fsp3) is 0.263. The van der Waals surface area contributed by atoms with Crippen molar-refractivity contribution in [2.75, 3.05) is 20.2 Å².